The highest BCUT2D eigenvalue weighted by atomic mass is 79.9. The van der Waals surface area contributed by atoms with Gasteiger partial charge >= 0.3 is 0 Å². The molecule has 4 heteroatoms. The molecular weight excluding hydrogens is 251 g/mol. The van der Waals surface area contributed by atoms with Crippen LogP contribution in [0.4, 0.5) is 4.39 Å². The van der Waals surface area contributed by atoms with Crippen molar-refractivity contribution < 1.29 is 13.9 Å². The highest BCUT2D eigenvalue weighted by Crippen LogP contribution is 2.34. The molecule has 0 saturated carbocycles. The maximum atomic E-state index is 13.5. The Balaban J connectivity index is 3.01. The number of hydrogen-bond donors (Lipinski definition) is 0. The molecule has 0 radical (unpaired) electrons. The summed E-state index contributed by atoms with van der Waals surface area (Å²) in [4.78, 5) is 0. The van der Waals surface area contributed by atoms with E-state index in [1.54, 1.807) is 12.1 Å². The van der Waals surface area contributed by atoms with E-state index in [1.807, 2.05) is 6.92 Å². The van der Waals surface area contributed by atoms with Gasteiger partial charge in [-0.2, -0.15) is 0 Å². The number of methoxy groups -OCH3 is 1. The molecule has 0 heterocycles. The number of halogens is 2. The van der Waals surface area contributed by atoms with Crippen LogP contribution in [0, 0.1) is 5.82 Å². The Kier molecular flexibility index (Phi) is 4.20. The van der Waals surface area contributed by atoms with Crippen molar-refractivity contribution in [2.24, 2.45) is 0 Å². The van der Waals surface area contributed by atoms with Crippen molar-refractivity contribution in [2.45, 2.75) is 13.3 Å². The first kappa shape index (κ1) is 11.3. The molecule has 1 aromatic rings. The van der Waals surface area contributed by atoms with Gasteiger partial charge in [-0.15, -0.1) is 0 Å². The maximum Gasteiger partial charge on any atom is 0.198 e. The van der Waals surface area contributed by atoms with Crippen LogP contribution in [0.25, 0.3) is 0 Å². The van der Waals surface area contributed by atoms with Gasteiger partial charge in [-0.25, -0.2) is 4.39 Å². The van der Waals surface area contributed by atoms with Crippen molar-refractivity contribution in [1.82, 2.24) is 0 Å². The van der Waals surface area contributed by atoms with E-state index in [0.717, 1.165) is 6.42 Å². The van der Waals surface area contributed by atoms with Gasteiger partial charge in [0.1, 0.15) is 0 Å². The smallest absolute Gasteiger partial charge is 0.198 e. The first-order valence-corrected chi connectivity index (χ1v) is 5.14. The van der Waals surface area contributed by atoms with E-state index >= 15 is 0 Å². The zero-order valence-corrected chi connectivity index (χ0v) is 9.73. The minimum atomic E-state index is -0.419. The lowest BCUT2D eigenvalue weighted by Crippen LogP contribution is -2.00. The molecule has 0 atom stereocenters. The monoisotopic (exact) mass is 262 g/mol. The third-order valence-electron chi connectivity index (χ3n) is 1.68. The van der Waals surface area contributed by atoms with Gasteiger partial charge in [-0.3, -0.25) is 0 Å². The highest BCUT2D eigenvalue weighted by molar-refractivity contribution is 9.10. The van der Waals surface area contributed by atoms with E-state index in [1.165, 1.54) is 7.11 Å². The lowest BCUT2D eigenvalue weighted by Gasteiger charge is -2.11. The average molecular weight is 263 g/mol. The first-order valence-electron chi connectivity index (χ1n) is 4.35. The SMILES string of the molecule is CCCOc1c(OC)ccc(Br)c1F. The summed E-state index contributed by atoms with van der Waals surface area (Å²) < 4.78 is 24.2. The number of rotatable bonds is 4. The summed E-state index contributed by atoms with van der Waals surface area (Å²) in [5.74, 6) is 0.167. The molecule has 0 bridgehead atoms. The molecule has 0 saturated heterocycles. The number of hydrogen-bond acceptors (Lipinski definition) is 2. The zero-order chi connectivity index (χ0) is 10.6. The second-order valence-corrected chi connectivity index (χ2v) is 3.60. The lowest BCUT2D eigenvalue weighted by molar-refractivity contribution is 0.278. The maximum absolute atomic E-state index is 13.5. The first-order chi connectivity index (χ1) is 6.70. The van der Waals surface area contributed by atoms with Gasteiger partial charge in [0.2, 0.25) is 0 Å². The average Bonchev–Trinajstić information content (AvgIpc) is 2.20. The predicted molar refractivity (Wildman–Crippen MR) is 56.4 cm³/mol. The van der Waals surface area contributed by atoms with Gasteiger partial charge in [0.05, 0.1) is 18.2 Å². The fourth-order valence-corrected chi connectivity index (χ4v) is 1.33. The van der Waals surface area contributed by atoms with Crippen LogP contribution in [0.1, 0.15) is 13.3 Å². The fourth-order valence-electron chi connectivity index (χ4n) is 1.01. The Morgan fingerprint density at radius 3 is 2.71 bits per heavy atom. The normalized spacial score (nSPS) is 10.0. The topological polar surface area (TPSA) is 18.5 Å². The van der Waals surface area contributed by atoms with Crippen LogP contribution in [0.3, 0.4) is 0 Å². The van der Waals surface area contributed by atoms with E-state index in [2.05, 4.69) is 15.9 Å². The van der Waals surface area contributed by atoms with E-state index in [9.17, 15) is 4.39 Å². The van der Waals surface area contributed by atoms with Gasteiger partial charge < -0.3 is 9.47 Å². The highest BCUT2D eigenvalue weighted by Gasteiger charge is 2.13. The molecule has 0 fully saturated rings. The van der Waals surface area contributed by atoms with Crippen LogP contribution >= 0.6 is 15.9 Å². The molecule has 0 amide bonds. The quantitative estimate of drug-likeness (QED) is 0.829. The minimum absolute atomic E-state index is 0.170. The van der Waals surface area contributed by atoms with Gasteiger partial charge in [0, 0.05) is 0 Å². The van der Waals surface area contributed by atoms with Gasteiger partial charge in [0.25, 0.3) is 0 Å². The van der Waals surface area contributed by atoms with Crippen LogP contribution in [0.2, 0.25) is 0 Å². The van der Waals surface area contributed by atoms with Crippen LogP contribution in [0.15, 0.2) is 16.6 Å². The molecule has 0 aliphatic carbocycles. The van der Waals surface area contributed by atoms with Crippen molar-refractivity contribution in [2.75, 3.05) is 13.7 Å². The number of benzene rings is 1. The van der Waals surface area contributed by atoms with Crippen LogP contribution in [-0.4, -0.2) is 13.7 Å². The molecule has 2 nitrogen and oxygen atoms in total. The zero-order valence-electron chi connectivity index (χ0n) is 8.14. The van der Waals surface area contributed by atoms with Crippen LogP contribution in [-0.2, 0) is 0 Å². The van der Waals surface area contributed by atoms with Gasteiger partial charge in [0.15, 0.2) is 17.3 Å². The second kappa shape index (κ2) is 5.20. The van der Waals surface area contributed by atoms with Gasteiger partial charge in [-0.1, -0.05) is 6.92 Å². The lowest BCUT2D eigenvalue weighted by atomic mass is 10.3. The van der Waals surface area contributed by atoms with Gasteiger partial charge in [-0.05, 0) is 34.5 Å². The largest absolute Gasteiger partial charge is 0.493 e. The predicted octanol–water partition coefficient (Wildman–Crippen LogP) is 3.39. The molecule has 14 heavy (non-hydrogen) atoms. The molecular formula is C10H12BrFO2. The van der Waals surface area contributed by atoms with E-state index in [-0.39, 0.29) is 5.75 Å². The molecule has 0 aromatic heterocycles. The standard InChI is InChI=1S/C10H12BrFO2/c1-3-6-14-10-8(13-2)5-4-7(11)9(10)12/h4-5H,3,6H2,1-2H3. The molecule has 0 N–H and O–H groups in total. The molecule has 0 spiro atoms. The van der Waals surface area contributed by atoms with E-state index in [0.29, 0.717) is 16.8 Å². The summed E-state index contributed by atoms with van der Waals surface area (Å²) in [5.41, 5.74) is 0. The van der Waals surface area contributed by atoms with Crippen molar-refractivity contribution in [3.05, 3.63) is 22.4 Å². The Morgan fingerprint density at radius 2 is 2.14 bits per heavy atom. The summed E-state index contributed by atoms with van der Waals surface area (Å²) >= 11 is 3.09. The third-order valence-corrected chi connectivity index (χ3v) is 2.30. The molecule has 1 aromatic carbocycles. The summed E-state index contributed by atoms with van der Waals surface area (Å²) in [7, 11) is 1.49. The van der Waals surface area contributed by atoms with Crippen LogP contribution in [0.5, 0.6) is 11.5 Å². The van der Waals surface area contributed by atoms with Crippen molar-refractivity contribution >= 4 is 15.9 Å². The summed E-state index contributed by atoms with van der Waals surface area (Å²) in [5, 5.41) is 0. The van der Waals surface area contributed by atoms with Crippen molar-refractivity contribution in [3.63, 3.8) is 0 Å². The van der Waals surface area contributed by atoms with Crippen LogP contribution < -0.4 is 9.47 Å². The Hall–Kier alpha value is -0.770. The Labute approximate surface area is 91.2 Å². The Morgan fingerprint density at radius 1 is 1.43 bits per heavy atom. The molecule has 0 aliphatic rings. The third kappa shape index (κ3) is 2.38. The fraction of sp³-hybridized carbons (Fsp3) is 0.400. The Bertz CT molecular complexity index is 315. The van der Waals surface area contributed by atoms with E-state index < -0.39 is 5.82 Å². The minimum Gasteiger partial charge on any atom is -0.493 e. The summed E-state index contributed by atoms with van der Waals surface area (Å²) in [6, 6.07) is 3.26. The van der Waals surface area contributed by atoms with Crippen molar-refractivity contribution in [1.29, 1.82) is 0 Å². The number of ether oxygens (including phenoxy) is 2. The molecule has 0 unspecified atom stereocenters. The molecule has 1 rings (SSSR count). The molecule has 78 valence electrons. The summed E-state index contributed by atoms with van der Waals surface area (Å²) in [6.07, 6.45) is 0.828. The van der Waals surface area contributed by atoms with E-state index in [4.69, 9.17) is 9.47 Å². The summed E-state index contributed by atoms with van der Waals surface area (Å²) in [6.45, 7) is 2.44. The molecule has 0 aliphatic heterocycles. The second-order valence-electron chi connectivity index (χ2n) is 2.74. The van der Waals surface area contributed by atoms with Crippen molar-refractivity contribution in [3.8, 4) is 11.5 Å².